The number of aromatic nitrogens is 3. The zero-order chi connectivity index (χ0) is 21.5. The predicted molar refractivity (Wildman–Crippen MR) is 129 cm³/mol. The molecule has 168 valence electrons. The first-order valence-electron chi connectivity index (χ1n) is 11.6. The molecular weight excluding hydrogens is 422 g/mol. The lowest BCUT2D eigenvalue weighted by atomic mass is 9.95. The van der Waals surface area contributed by atoms with Crippen LogP contribution in [0.1, 0.15) is 32.1 Å². The van der Waals surface area contributed by atoms with Gasteiger partial charge in [-0.3, -0.25) is 0 Å². The predicted octanol–water partition coefficient (Wildman–Crippen LogP) is 4.21. The van der Waals surface area contributed by atoms with E-state index in [4.69, 9.17) is 14.7 Å². The van der Waals surface area contributed by atoms with E-state index in [-0.39, 0.29) is 0 Å². The van der Waals surface area contributed by atoms with E-state index >= 15 is 0 Å². The van der Waals surface area contributed by atoms with Gasteiger partial charge >= 0.3 is 0 Å². The van der Waals surface area contributed by atoms with Gasteiger partial charge in [0.2, 0.25) is 17.8 Å². The Morgan fingerprint density at radius 2 is 1.88 bits per heavy atom. The van der Waals surface area contributed by atoms with Crippen LogP contribution < -0.4 is 26.0 Å². The molecule has 3 aromatic rings. The topological polar surface area (TPSA) is 96.0 Å². The van der Waals surface area contributed by atoms with Crippen molar-refractivity contribution in [2.24, 2.45) is 11.8 Å². The summed E-state index contributed by atoms with van der Waals surface area (Å²) in [5.74, 6) is 4.34. The second-order valence-corrected chi connectivity index (χ2v) is 10.3. The van der Waals surface area contributed by atoms with Gasteiger partial charge in [0.25, 0.3) is 0 Å². The summed E-state index contributed by atoms with van der Waals surface area (Å²) < 4.78 is 6.52. The van der Waals surface area contributed by atoms with Crippen LogP contribution in [0.5, 0.6) is 5.75 Å². The average molecular weight is 452 g/mol. The number of anilines is 4. The maximum atomic E-state index is 5.36. The van der Waals surface area contributed by atoms with Crippen LogP contribution in [0.3, 0.4) is 0 Å². The lowest BCUT2D eigenvalue weighted by Crippen LogP contribution is -2.28. The normalized spacial score (nSPS) is 26.5. The molecule has 2 saturated carbocycles. The molecule has 3 fully saturated rings. The lowest BCUT2D eigenvalue weighted by Gasteiger charge is -2.23. The molecule has 1 aliphatic heterocycles. The maximum absolute atomic E-state index is 5.36. The Hall–Kier alpha value is -2.65. The third-order valence-electron chi connectivity index (χ3n) is 7.04. The van der Waals surface area contributed by atoms with E-state index in [0.717, 1.165) is 46.8 Å². The zero-order valence-corrected chi connectivity index (χ0v) is 19.0. The quantitative estimate of drug-likeness (QED) is 0.424. The molecule has 4 atom stereocenters. The second kappa shape index (κ2) is 8.37. The Labute approximate surface area is 191 Å². The Balaban J connectivity index is 1.26. The zero-order valence-electron chi connectivity index (χ0n) is 18.2. The van der Waals surface area contributed by atoms with Gasteiger partial charge in [0.1, 0.15) is 5.75 Å². The molecule has 3 aliphatic rings. The highest BCUT2D eigenvalue weighted by Gasteiger charge is 2.39. The van der Waals surface area contributed by atoms with Crippen molar-refractivity contribution < 1.29 is 4.74 Å². The Kier molecular flexibility index (Phi) is 5.23. The summed E-state index contributed by atoms with van der Waals surface area (Å²) in [6.45, 7) is 1.96. The molecule has 4 unspecified atom stereocenters. The van der Waals surface area contributed by atoms with Gasteiger partial charge in [-0.25, -0.2) is 0 Å². The minimum absolute atomic E-state index is 0.345. The first kappa shape index (κ1) is 20.0. The van der Waals surface area contributed by atoms with Crippen LogP contribution in [0.4, 0.5) is 22.8 Å². The number of nitrogens with zero attached hydrogens (tertiary/aromatic N) is 3. The van der Waals surface area contributed by atoms with Crippen LogP contribution in [0, 0.1) is 11.8 Å². The molecule has 4 N–H and O–H groups in total. The lowest BCUT2D eigenvalue weighted by molar-refractivity contribution is 0.415. The molecular formula is C23H29N7OS. The molecule has 0 radical (unpaired) electrons. The van der Waals surface area contributed by atoms with Gasteiger partial charge < -0.3 is 26.0 Å². The summed E-state index contributed by atoms with van der Waals surface area (Å²) in [4.78, 5) is 14.2. The molecule has 3 heterocycles. The van der Waals surface area contributed by atoms with Crippen molar-refractivity contribution in [3.63, 3.8) is 0 Å². The van der Waals surface area contributed by atoms with E-state index in [1.807, 2.05) is 6.07 Å². The third kappa shape index (κ3) is 4.06. The molecule has 6 rings (SSSR count). The number of hydrogen-bond acceptors (Lipinski definition) is 9. The summed E-state index contributed by atoms with van der Waals surface area (Å²) in [5.41, 5.74) is 0. The summed E-state index contributed by atoms with van der Waals surface area (Å²) in [5, 5.41) is 16.1. The first-order chi connectivity index (χ1) is 15.7. The van der Waals surface area contributed by atoms with E-state index in [0.29, 0.717) is 29.9 Å². The van der Waals surface area contributed by atoms with Gasteiger partial charge in [0.05, 0.1) is 12.1 Å². The van der Waals surface area contributed by atoms with Crippen LogP contribution in [-0.2, 0) is 0 Å². The number of rotatable bonds is 7. The van der Waals surface area contributed by atoms with Crippen molar-refractivity contribution in [1.82, 2.24) is 20.3 Å². The summed E-state index contributed by atoms with van der Waals surface area (Å²) in [7, 11) is 1.69. The average Bonchev–Trinajstić information content (AvgIpc) is 3.58. The largest absolute Gasteiger partial charge is 0.497 e. The molecule has 1 aromatic carbocycles. The van der Waals surface area contributed by atoms with Crippen molar-refractivity contribution in [3.05, 3.63) is 24.3 Å². The molecule has 32 heavy (non-hydrogen) atoms. The fourth-order valence-electron chi connectivity index (χ4n) is 5.42. The van der Waals surface area contributed by atoms with E-state index in [1.54, 1.807) is 18.4 Å². The smallest absolute Gasteiger partial charge is 0.234 e. The van der Waals surface area contributed by atoms with E-state index in [2.05, 4.69) is 44.5 Å². The van der Waals surface area contributed by atoms with Crippen LogP contribution in [0.2, 0.25) is 0 Å². The Bertz CT molecular complexity index is 1110. The van der Waals surface area contributed by atoms with Gasteiger partial charge in [-0.1, -0.05) is 6.42 Å². The monoisotopic (exact) mass is 451 g/mol. The number of thiophene rings is 1. The van der Waals surface area contributed by atoms with Crippen molar-refractivity contribution >= 4 is 44.3 Å². The highest BCUT2D eigenvalue weighted by Crippen LogP contribution is 2.45. The van der Waals surface area contributed by atoms with Crippen LogP contribution >= 0.6 is 11.3 Å². The molecule has 2 bridgehead atoms. The number of methoxy groups -OCH3 is 1. The molecule has 0 spiro atoms. The maximum Gasteiger partial charge on any atom is 0.234 e. The standard InChI is InChI=1S/C23H29N7OS/c1-31-17-5-4-15-10-20(32-19(15)11-17)27-23-29-21(25-16-6-7-24-12-16)28-22(30-23)26-18-9-13-2-3-14(18)8-13/h4-5,10-11,13-14,16,18,24H,2-3,6-9,12H2,1H3,(H3,25,26,27,28,29,30). The fraction of sp³-hybridized carbons (Fsp3) is 0.522. The molecule has 9 heteroatoms. The van der Waals surface area contributed by atoms with Crippen LogP contribution in [0.15, 0.2) is 24.3 Å². The number of nitrogens with one attached hydrogen (secondary N) is 4. The molecule has 1 saturated heterocycles. The van der Waals surface area contributed by atoms with E-state index in [9.17, 15) is 0 Å². The van der Waals surface area contributed by atoms with Gasteiger partial charge in [-0.05, 0) is 73.7 Å². The first-order valence-corrected chi connectivity index (χ1v) is 12.4. The summed E-state index contributed by atoms with van der Waals surface area (Å²) in [6.07, 6.45) is 6.35. The highest BCUT2D eigenvalue weighted by molar-refractivity contribution is 7.22. The third-order valence-corrected chi connectivity index (χ3v) is 8.06. The number of fused-ring (bicyclic) bond motifs is 3. The van der Waals surface area contributed by atoms with Crippen LogP contribution in [-0.4, -0.2) is 47.2 Å². The number of ether oxygens (including phenoxy) is 1. The van der Waals surface area contributed by atoms with Gasteiger partial charge in [0.15, 0.2) is 0 Å². The van der Waals surface area contributed by atoms with Gasteiger partial charge in [-0.15, -0.1) is 11.3 Å². The van der Waals surface area contributed by atoms with Crippen molar-refractivity contribution in [2.45, 2.75) is 44.2 Å². The van der Waals surface area contributed by atoms with Crippen molar-refractivity contribution in [3.8, 4) is 5.75 Å². The van der Waals surface area contributed by atoms with Crippen molar-refractivity contribution in [1.29, 1.82) is 0 Å². The summed E-state index contributed by atoms with van der Waals surface area (Å²) >= 11 is 1.67. The Morgan fingerprint density at radius 3 is 2.62 bits per heavy atom. The van der Waals surface area contributed by atoms with E-state index in [1.165, 1.54) is 31.1 Å². The van der Waals surface area contributed by atoms with E-state index < -0.39 is 0 Å². The molecule has 2 aromatic heterocycles. The Morgan fingerprint density at radius 1 is 1.00 bits per heavy atom. The van der Waals surface area contributed by atoms with Gasteiger partial charge in [-0.2, -0.15) is 15.0 Å². The molecule has 8 nitrogen and oxygen atoms in total. The molecule has 0 amide bonds. The summed E-state index contributed by atoms with van der Waals surface area (Å²) in [6, 6.07) is 9.06. The minimum Gasteiger partial charge on any atom is -0.497 e. The van der Waals surface area contributed by atoms with Crippen molar-refractivity contribution in [2.75, 3.05) is 36.1 Å². The molecule has 2 aliphatic carbocycles. The fourth-order valence-corrected chi connectivity index (χ4v) is 6.40. The van der Waals surface area contributed by atoms with Gasteiger partial charge in [0, 0.05) is 23.3 Å². The minimum atomic E-state index is 0.345. The van der Waals surface area contributed by atoms with Crippen LogP contribution in [0.25, 0.3) is 10.1 Å². The highest BCUT2D eigenvalue weighted by atomic mass is 32.1. The number of hydrogen-bond donors (Lipinski definition) is 4. The SMILES string of the molecule is COc1ccc2cc(Nc3nc(NC4CCNC4)nc(NC4CC5CCC4C5)n3)sc2c1. The number of benzene rings is 1. The second-order valence-electron chi connectivity index (χ2n) is 9.21.